The maximum absolute atomic E-state index is 11.7. The van der Waals surface area contributed by atoms with Gasteiger partial charge in [-0.2, -0.15) is 0 Å². The quantitative estimate of drug-likeness (QED) is 0.140. The van der Waals surface area contributed by atoms with Crippen LogP contribution in [0.25, 0.3) is 0 Å². The lowest BCUT2D eigenvalue weighted by molar-refractivity contribution is -0.125. The Morgan fingerprint density at radius 3 is 1.62 bits per heavy atom. The molecule has 2 unspecified atom stereocenters. The first-order valence-electron chi connectivity index (χ1n) is 14.5. The summed E-state index contributed by atoms with van der Waals surface area (Å²) in [7, 11) is 1.41. The maximum Gasteiger partial charge on any atom is 0.500 e. The van der Waals surface area contributed by atoms with Gasteiger partial charge in [-0.15, -0.1) is 0 Å². The standard InChI is InChI=1S/C17H36N2O6Si.C10H22N2O/c1-6-15(5)16(20)18-12-13-22-17(21)19-11-10-14-26(23-7-2,24-8-3)25-9-4;1-5-9(2)10(13)11-7-6-8-12(3)4/h15H,6-14H2,1-5H3,(H,18,20)(H,19,21);9H,5-8H2,1-4H3,(H,11,13). The van der Waals surface area contributed by atoms with Gasteiger partial charge in [0.25, 0.3) is 0 Å². The maximum atomic E-state index is 11.7. The molecule has 0 saturated heterocycles. The van der Waals surface area contributed by atoms with Crippen LogP contribution in [0, 0.1) is 11.8 Å². The molecule has 0 radical (unpaired) electrons. The number of nitrogens with one attached hydrogen (secondary N) is 3. The fourth-order valence-corrected chi connectivity index (χ4v) is 5.80. The summed E-state index contributed by atoms with van der Waals surface area (Å²) in [6.45, 7) is 17.9. The van der Waals surface area contributed by atoms with Gasteiger partial charge in [0.1, 0.15) is 6.61 Å². The van der Waals surface area contributed by atoms with Crippen LogP contribution >= 0.6 is 0 Å². The molecule has 2 atom stereocenters. The first kappa shape index (κ1) is 39.4. The molecule has 232 valence electrons. The SMILES string of the molecule is CCC(C)C(=O)NCCCN(C)C.CCO[Si](CCCNC(=O)OCCNC(=O)C(C)CC)(OCC)OCC. The molecule has 0 rings (SSSR count). The number of rotatable bonds is 21. The van der Waals surface area contributed by atoms with Gasteiger partial charge in [0.05, 0.1) is 6.54 Å². The molecule has 0 aliphatic rings. The van der Waals surface area contributed by atoms with Crippen molar-refractivity contribution in [3.05, 3.63) is 0 Å². The van der Waals surface area contributed by atoms with Gasteiger partial charge in [0.2, 0.25) is 11.8 Å². The van der Waals surface area contributed by atoms with Gasteiger partial charge in [0.15, 0.2) is 0 Å². The monoisotopic (exact) mass is 578 g/mol. The highest BCUT2D eigenvalue weighted by molar-refractivity contribution is 6.60. The summed E-state index contributed by atoms with van der Waals surface area (Å²) < 4.78 is 22.3. The smallest absolute Gasteiger partial charge is 0.448 e. The highest BCUT2D eigenvalue weighted by atomic mass is 28.4. The van der Waals surface area contributed by atoms with Crippen LogP contribution in [0.5, 0.6) is 0 Å². The number of alkyl carbamates (subject to hydrolysis) is 1. The van der Waals surface area contributed by atoms with Crippen LogP contribution in [0.1, 0.15) is 74.1 Å². The van der Waals surface area contributed by atoms with Gasteiger partial charge in [-0.05, 0) is 67.1 Å². The predicted molar refractivity (Wildman–Crippen MR) is 158 cm³/mol. The molecule has 39 heavy (non-hydrogen) atoms. The summed E-state index contributed by atoms with van der Waals surface area (Å²) >= 11 is 0. The largest absolute Gasteiger partial charge is 0.500 e. The topological polar surface area (TPSA) is 127 Å². The minimum atomic E-state index is -2.67. The van der Waals surface area contributed by atoms with Crippen molar-refractivity contribution in [3.8, 4) is 0 Å². The van der Waals surface area contributed by atoms with Crippen LogP contribution in [-0.4, -0.2) is 98.3 Å². The molecule has 0 aromatic rings. The molecule has 0 saturated carbocycles. The normalized spacial score (nSPS) is 12.7. The average Bonchev–Trinajstić information content (AvgIpc) is 2.91. The van der Waals surface area contributed by atoms with E-state index in [0.717, 1.165) is 32.4 Å². The third kappa shape index (κ3) is 21.7. The van der Waals surface area contributed by atoms with E-state index in [1.54, 1.807) is 0 Å². The fraction of sp³-hybridized carbons (Fsp3) is 0.889. The third-order valence-electron chi connectivity index (χ3n) is 5.86. The zero-order chi connectivity index (χ0) is 30.1. The molecule has 11 nitrogen and oxygen atoms in total. The summed E-state index contributed by atoms with van der Waals surface area (Å²) in [5.74, 6) is 0.274. The zero-order valence-electron chi connectivity index (χ0n) is 26.2. The Morgan fingerprint density at radius 1 is 0.718 bits per heavy atom. The van der Waals surface area contributed by atoms with Gasteiger partial charge in [-0.3, -0.25) is 9.59 Å². The van der Waals surface area contributed by atoms with Crippen LogP contribution in [0.4, 0.5) is 4.79 Å². The van der Waals surface area contributed by atoms with E-state index in [4.69, 9.17) is 18.0 Å². The summed E-state index contributed by atoms with van der Waals surface area (Å²) in [6.07, 6.45) is 2.89. The van der Waals surface area contributed by atoms with E-state index < -0.39 is 14.9 Å². The molecule has 0 spiro atoms. The predicted octanol–water partition coefficient (Wildman–Crippen LogP) is 3.41. The first-order valence-corrected chi connectivity index (χ1v) is 16.5. The van der Waals surface area contributed by atoms with Crippen molar-refractivity contribution in [2.75, 3.05) is 66.7 Å². The molecule has 3 N–H and O–H groups in total. The lowest BCUT2D eigenvalue weighted by Crippen LogP contribution is -2.46. The molecule has 0 aromatic heterocycles. The van der Waals surface area contributed by atoms with E-state index in [-0.39, 0.29) is 30.3 Å². The number of carbonyl (C=O) groups excluding carboxylic acids is 3. The minimum Gasteiger partial charge on any atom is -0.448 e. The highest BCUT2D eigenvalue weighted by Crippen LogP contribution is 2.17. The summed E-state index contributed by atoms with van der Waals surface area (Å²) in [5, 5.41) is 8.34. The molecule has 0 aromatic carbocycles. The van der Waals surface area contributed by atoms with Gasteiger partial charge in [-0.1, -0.05) is 27.7 Å². The van der Waals surface area contributed by atoms with Crippen LogP contribution in [0.15, 0.2) is 0 Å². The van der Waals surface area contributed by atoms with Gasteiger partial charge in [0, 0.05) is 50.8 Å². The number of hydrogen-bond acceptors (Lipinski definition) is 8. The van der Waals surface area contributed by atoms with Crippen molar-refractivity contribution < 1.29 is 32.4 Å². The van der Waals surface area contributed by atoms with E-state index in [0.29, 0.717) is 45.4 Å². The second-order valence-corrected chi connectivity index (χ2v) is 12.2. The second-order valence-electron chi connectivity index (χ2n) is 9.51. The van der Waals surface area contributed by atoms with Crippen molar-refractivity contribution >= 4 is 26.7 Å². The lowest BCUT2D eigenvalue weighted by Gasteiger charge is -2.28. The van der Waals surface area contributed by atoms with E-state index in [1.165, 1.54) is 0 Å². The molecule has 0 heterocycles. The molecular weight excluding hydrogens is 520 g/mol. The minimum absolute atomic E-state index is 0.0272. The average molecular weight is 579 g/mol. The lowest BCUT2D eigenvalue weighted by atomic mass is 10.1. The molecule has 12 heteroatoms. The molecule has 0 aliphatic carbocycles. The molecule has 3 amide bonds. The third-order valence-corrected chi connectivity index (χ3v) is 9.01. The zero-order valence-corrected chi connectivity index (χ0v) is 27.2. The summed E-state index contributed by atoms with van der Waals surface area (Å²) in [6, 6.07) is 0.633. The first-order chi connectivity index (χ1) is 18.5. The van der Waals surface area contributed by atoms with E-state index >= 15 is 0 Å². The number of nitrogens with zero attached hydrogens (tertiary/aromatic N) is 1. The van der Waals surface area contributed by atoms with Crippen LogP contribution < -0.4 is 16.0 Å². The Kier molecular flexibility index (Phi) is 25.5. The van der Waals surface area contributed by atoms with Gasteiger partial charge < -0.3 is 38.9 Å². The summed E-state index contributed by atoms with van der Waals surface area (Å²) in [4.78, 5) is 36.6. The second kappa shape index (κ2) is 25.2. The van der Waals surface area contributed by atoms with E-state index in [2.05, 4.69) is 20.9 Å². The van der Waals surface area contributed by atoms with E-state index in [9.17, 15) is 14.4 Å². The van der Waals surface area contributed by atoms with Crippen LogP contribution in [-0.2, 0) is 27.6 Å². The van der Waals surface area contributed by atoms with Gasteiger partial charge >= 0.3 is 14.9 Å². The fourth-order valence-electron chi connectivity index (χ4n) is 3.19. The number of hydrogen-bond donors (Lipinski definition) is 3. The van der Waals surface area contributed by atoms with Crippen molar-refractivity contribution in [1.82, 2.24) is 20.9 Å². The van der Waals surface area contributed by atoms with Crippen molar-refractivity contribution in [2.45, 2.75) is 80.2 Å². The Labute approximate surface area is 238 Å². The Balaban J connectivity index is 0. The number of carbonyl (C=O) groups is 3. The van der Waals surface area contributed by atoms with Crippen LogP contribution in [0.3, 0.4) is 0 Å². The molecular formula is C27H58N4O7Si. The summed E-state index contributed by atoms with van der Waals surface area (Å²) in [5.41, 5.74) is 0. The number of ether oxygens (including phenoxy) is 1. The Hall–Kier alpha value is -1.73. The van der Waals surface area contributed by atoms with Crippen molar-refractivity contribution in [3.63, 3.8) is 0 Å². The van der Waals surface area contributed by atoms with Crippen LogP contribution in [0.2, 0.25) is 6.04 Å². The molecule has 0 aliphatic heterocycles. The van der Waals surface area contributed by atoms with E-state index in [1.807, 2.05) is 62.6 Å². The Morgan fingerprint density at radius 2 is 1.18 bits per heavy atom. The number of amides is 3. The van der Waals surface area contributed by atoms with Gasteiger partial charge in [-0.25, -0.2) is 4.79 Å². The highest BCUT2D eigenvalue weighted by Gasteiger charge is 2.39. The Bertz CT molecular complexity index is 624. The molecule has 0 fully saturated rings. The molecule has 0 bridgehead atoms. The van der Waals surface area contributed by atoms with Crippen molar-refractivity contribution in [2.24, 2.45) is 11.8 Å². The van der Waals surface area contributed by atoms with Crippen molar-refractivity contribution in [1.29, 1.82) is 0 Å².